The van der Waals surface area contributed by atoms with Gasteiger partial charge in [-0.15, -0.1) is 13.2 Å². The van der Waals surface area contributed by atoms with Gasteiger partial charge in [0.2, 0.25) is 0 Å². The fraction of sp³-hybridized carbons (Fsp3) is 0.286. The van der Waals surface area contributed by atoms with E-state index >= 15 is 0 Å². The summed E-state index contributed by atoms with van der Waals surface area (Å²) in [5, 5.41) is 10.3. The van der Waals surface area contributed by atoms with Gasteiger partial charge >= 0.3 is 17.6 Å². The molecule has 6 nitrogen and oxygen atoms in total. The molecule has 0 saturated heterocycles. The minimum absolute atomic E-state index is 0.223. The van der Waals surface area contributed by atoms with Crippen molar-refractivity contribution >= 4 is 5.69 Å². The van der Waals surface area contributed by atoms with E-state index in [0.29, 0.717) is 0 Å². The number of H-pyrrole nitrogens is 1. The molecule has 0 radical (unpaired) electrons. The summed E-state index contributed by atoms with van der Waals surface area (Å²) in [6, 6.07) is 0.223. The number of pyridine rings is 1. The number of aromatic amines is 1. The molecule has 0 unspecified atom stereocenters. The zero-order valence-corrected chi connectivity index (χ0v) is 7.88. The Hall–Kier alpha value is -2.13. The SMILES string of the molecule is O=c1[nH]c(CF)c(OC(F)(F)F)cc1[N+](=O)[O-]. The van der Waals surface area contributed by atoms with Crippen molar-refractivity contribution in [2.75, 3.05) is 0 Å². The van der Waals surface area contributed by atoms with Crippen molar-refractivity contribution in [3.8, 4) is 5.75 Å². The molecule has 0 saturated carbocycles. The molecule has 0 aliphatic heterocycles. The minimum atomic E-state index is -5.14. The number of hydrogen-bond acceptors (Lipinski definition) is 4. The van der Waals surface area contributed by atoms with E-state index in [0.717, 1.165) is 0 Å². The third-order valence-electron chi connectivity index (χ3n) is 1.62. The summed E-state index contributed by atoms with van der Waals surface area (Å²) in [5.41, 5.74) is -3.29. The molecule has 0 fully saturated rings. The monoisotopic (exact) mass is 256 g/mol. The van der Waals surface area contributed by atoms with Crippen LogP contribution in [0.15, 0.2) is 10.9 Å². The standard InChI is InChI=1S/C7H4F4N2O4/c8-2-3-5(17-7(9,10)11)1-4(13(15)16)6(14)12-3/h1H,2H2,(H,12,14). The van der Waals surface area contributed by atoms with Crippen LogP contribution in [0.4, 0.5) is 23.2 Å². The molecule has 0 bridgehead atoms. The van der Waals surface area contributed by atoms with Crippen molar-refractivity contribution in [3.05, 3.63) is 32.2 Å². The second kappa shape index (κ2) is 4.39. The van der Waals surface area contributed by atoms with Gasteiger partial charge in [0.1, 0.15) is 6.67 Å². The van der Waals surface area contributed by atoms with Crippen molar-refractivity contribution in [1.82, 2.24) is 4.98 Å². The van der Waals surface area contributed by atoms with Crippen LogP contribution >= 0.6 is 0 Å². The number of rotatable bonds is 3. The number of aromatic nitrogens is 1. The summed E-state index contributed by atoms with van der Waals surface area (Å²) in [6.45, 7) is -1.46. The van der Waals surface area contributed by atoms with Crippen LogP contribution in [0.1, 0.15) is 5.69 Å². The average molecular weight is 256 g/mol. The van der Waals surface area contributed by atoms with Gasteiger partial charge in [-0.2, -0.15) is 0 Å². The van der Waals surface area contributed by atoms with E-state index in [1.807, 2.05) is 0 Å². The molecular weight excluding hydrogens is 252 g/mol. The summed E-state index contributed by atoms with van der Waals surface area (Å²) < 4.78 is 51.3. The highest BCUT2D eigenvalue weighted by Crippen LogP contribution is 2.27. The van der Waals surface area contributed by atoms with E-state index in [2.05, 4.69) is 4.74 Å². The highest BCUT2D eigenvalue weighted by molar-refractivity contribution is 5.39. The summed E-state index contributed by atoms with van der Waals surface area (Å²) in [4.78, 5) is 21.6. The van der Waals surface area contributed by atoms with Gasteiger partial charge in [0, 0.05) is 0 Å². The van der Waals surface area contributed by atoms with Crippen molar-refractivity contribution in [2.24, 2.45) is 0 Å². The third-order valence-corrected chi connectivity index (χ3v) is 1.62. The number of ether oxygens (including phenoxy) is 1. The third kappa shape index (κ3) is 3.16. The summed E-state index contributed by atoms with van der Waals surface area (Å²) in [6.07, 6.45) is -5.14. The van der Waals surface area contributed by atoms with Crippen molar-refractivity contribution in [2.45, 2.75) is 13.0 Å². The lowest BCUT2D eigenvalue weighted by Crippen LogP contribution is -2.21. The van der Waals surface area contributed by atoms with Gasteiger partial charge in [-0.25, -0.2) is 4.39 Å². The lowest BCUT2D eigenvalue weighted by Gasteiger charge is -2.10. The minimum Gasteiger partial charge on any atom is -0.404 e. The van der Waals surface area contributed by atoms with Crippen LogP contribution < -0.4 is 10.3 Å². The molecule has 0 spiro atoms. The van der Waals surface area contributed by atoms with E-state index in [4.69, 9.17) is 0 Å². The van der Waals surface area contributed by atoms with Gasteiger partial charge in [-0.3, -0.25) is 14.9 Å². The first-order valence-corrected chi connectivity index (χ1v) is 3.97. The predicted octanol–water partition coefficient (Wildman–Crippen LogP) is 1.65. The van der Waals surface area contributed by atoms with E-state index in [1.54, 1.807) is 4.98 Å². The highest BCUT2D eigenvalue weighted by atomic mass is 19.4. The first-order chi connectivity index (χ1) is 7.74. The Morgan fingerprint density at radius 2 is 2.06 bits per heavy atom. The maximum Gasteiger partial charge on any atom is 0.573 e. The van der Waals surface area contributed by atoms with Crippen LogP contribution in [0, 0.1) is 10.1 Å². The number of nitrogens with one attached hydrogen (secondary N) is 1. The van der Waals surface area contributed by atoms with Gasteiger partial charge in [0.15, 0.2) is 5.75 Å². The van der Waals surface area contributed by atoms with Crippen molar-refractivity contribution in [3.63, 3.8) is 0 Å². The summed E-state index contributed by atoms with van der Waals surface area (Å²) >= 11 is 0. The molecule has 10 heteroatoms. The summed E-state index contributed by atoms with van der Waals surface area (Å²) in [7, 11) is 0. The smallest absolute Gasteiger partial charge is 0.404 e. The lowest BCUT2D eigenvalue weighted by atomic mass is 10.3. The molecule has 0 aliphatic rings. The molecule has 1 aromatic rings. The lowest BCUT2D eigenvalue weighted by molar-refractivity contribution is -0.386. The normalized spacial score (nSPS) is 11.3. The Labute approximate surface area is 90.0 Å². The number of hydrogen-bond donors (Lipinski definition) is 1. The molecule has 1 aromatic heterocycles. The molecule has 1 heterocycles. The topological polar surface area (TPSA) is 85.2 Å². The second-order valence-corrected chi connectivity index (χ2v) is 2.77. The Morgan fingerprint density at radius 1 is 1.47 bits per heavy atom. The van der Waals surface area contributed by atoms with E-state index in [9.17, 15) is 32.5 Å². The Morgan fingerprint density at radius 3 is 2.47 bits per heavy atom. The largest absolute Gasteiger partial charge is 0.573 e. The number of alkyl halides is 4. The predicted molar refractivity (Wildman–Crippen MR) is 45.2 cm³/mol. The molecule has 0 aromatic carbocycles. The molecule has 94 valence electrons. The maximum atomic E-state index is 12.3. The fourth-order valence-corrected chi connectivity index (χ4v) is 0.990. The number of nitrogens with zero attached hydrogens (tertiary/aromatic N) is 1. The van der Waals surface area contributed by atoms with Gasteiger partial charge in [0.05, 0.1) is 16.7 Å². The van der Waals surface area contributed by atoms with Crippen molar-refractivity contribution < 1.29 is 27.2 Å². The zero-order chi connectivity index (χ0) is 13.2. The zero-order valence-electron chi connectivity index (χ0n) is 7.88. The first kappa shape index (κ1) is 12.9. The first-order valence-electron chi connectivity index (χ1n) is 3.97. The van der Waals surface area contributed by atoms with Crippen LogP contribution in [0.3, 0.4) is 0 Å². The molecular formula is C7H4F4N2O4. The molecule has 0 amide bonds. The summed E-state index contributed by atoms with van der Waals surface area (Å²) in [5.74, 6) is -1.15. The Kier molecular flexibility index (Phi) is 3.34. The van der Waals surface area contributed by atoms with Crippen molar-refractivity contribution in [1.29, 1.82) is 0 Å². The van der Waals surface area contributed by atoms with E-state index < -0.39 is 40.7 Å². The van der Waals surface area contributed by atoms with Gasteiger partial charge in [0.25, 0.3) is 0 Å². The molecule has 1 rings (SSSR count). The van der Waals surface area contributed by atoms with E-state index in [1.165, 1.54) is 0 Å². The Bertz CT molecular complexity index is 496. The Balaban J connectivity index is 3.32. The molecule has 0 atom stereocenters. The average Bonchev–Trinajstić information content (AvgIpc) is 2.17. The fourth-order valence-electron chi connectivity index (χ4n) is 0.990. The highest BCUT2D eigenvalue weighted by Gasteiger charge is 2.33. The van der Waals surface area contributed by atoms with Gasteiger partial charge in [-0.05, 0) is 0 Å². The second-order valence-electron chi connectivity index (χ2n) is 2.77. The van der Waals surface area contributed by atoms with Gasteiger partial charge in [-0.1, -0.05) is 0 Å². The van der Waals surface area contributed by atoms with Gasteiger partial charge < -0.3 is 9.72 Å². The molecule has 0 aliphatic carbocycles. The van der Waals surface area contributed by atoms with Crippen LogP contribution in [-0.2, 0) is 6.67 Å². The van der Waals surface area contributed by atoms with Crippen LogP contribution in [-0.4, -0.2) is 16.3 Å². The molecule has 1 N–H and O–H groups in total. The van der Waals surface area contributed by atoms with E-state index in [-0.39, 0.29) is 6.07 Å². The molecule has 17 heavy (non-hydrogen) atoms. The quantitative estimate of drug-likeness (QED) is 0.506. The maximum absolute atomic E-state index is 12.3. The number of nitro groups is 1. The number of halogens is 4. The van der Waals surface area contributed by atoms with Crippen LogP contribution in [0.25, 0.3) is 0 Å². The van der Waals surface area contributed by atoms with Crippen LogP contribution in [0.5, 0.6) is 5.75 Å². The van der Waals surface area contributed by atoms with Crippen LogP contribution in [0.2, 0.25) is 0 Å².